The average molecular weight is 261 g/mol. The van der Waals surface area contributed by atoms with Crippen LogP contribution >= 0.6 is 0 Å². The lowest BCUT2D eigenvalue weighted by Crippen LogP contribution is -1.60. The van der Waals surface area contributed by atoms with Crippen molar-refractivity contribution in [1.29, 1.82) is 0 Å². The molecule has 90 valence electrons. The average Bonchev–Trinajstić information content (AvgIpc) is 2.54. The van der Waals surface area contributed by atoms with Crippen LogP contribution in [-0.2, 0) is 0 Å². The molecule has 0 fully saturated rings. The number of nitrogens with zero attached hydrogens (tertiary/aromatic N) is 1. The molecular formula is C20H5N. The normalized spacial score (nSPS) is 5.29. The fraction of sp³-hybridized carbons (Fsp3) is 0.0500. The summed E-state index contributed by atoms with van der Waals surface area (Å²) in [5.41, 5.74) is 0. The van der Waals surface area contributed by atoms with E-state index in [2.05, 4.69) is 106 Å². The van der Waals surface area contributed by atoms with Crippen molar-refractivity contribution < 1.29 is 1.37 Å². The van der Waals surface area contributed by atoms with Gasteiger partial charge in [0.2, 0.25) is 0 Å². The van der Waals surface area contributed by atoms with E-state index in [0.29, 0.717) is 0 Å². The van der Waals surface area contributed by atoms with Crippen molar-refractivity contribution in [2.75, 3.05) is 7.05 Å². The van der Waals surface area contributed by atoms with E-state index < -0.39 is 0 Å². The molecule has 0 aliphatic carbocycles. The van der Waals surface area contributed by atoms with E-state index >= 15 is 0 Å². The highest BCUT2D eigenvalue weighted by Crippen LogP contribution is 1.58. The predicted octanol–water partition coefficient (Wildman–Crippen LogP) is 0.347. The van der Waals surface area contributed by atoms with E-state index in [1.54, 1.807) is 7.05 Å². The van der Waals surface area contributed by atoms with Gasteiger partial charge in [-0.1, -0.05) is 0 Å². The molecule has 0 heterocycles. The number of aliphatic imine (C=N–C) groups is 1. The predicted molar refractivity (Wildman–Crippen MR) is 85.5 cm³/mol. The van der Waals surface area contributed by atoms with Crippen molar-refractivity contribution in [2.45, 2.75) is 0 Å². The molecule has 0 radical (unpaired) electrons. The van der Waals surface area contributed by atoms with Crippen LogP contribution in [0, 0.1) is 107 Å². The Hall–Kier alpha value is -4.29. The molecule has 0 aliphatic rings. The monoisotopic (exact) mass is 261 g/mol. The molecule has 0 aliphatic heterocycles. The third kappa shape index (κ3) is 15.7. The lowest BCUT2D eigenvalue weighted by atomic mass is 10.5. The fourth-order valence-corrected chi connectivity index (χ4v) is 0.570. The second-order valence-corrected chi connectivity index (χ2v) is 2.53. The van der Waals surface area contributed by atoms with E-state index in [1.165, 1.54) is 6.21 Å². The van der Waals surface area contributed by atoms with E-state index in [0.717, 1.165) is 0 Å². The van der Waals surface area contributed by atoms with Crippen LogP contribution in [-0.4, -0.2) is 13.3 Å². The Morgan fingerprint density at radius 1 is 0.667 bits per heavy atom. The van der Waals surface area contributed by atoms with Gasteiger partial charge in [-0.15, -0.1) is 6.40 Å². The summed E-state index contributed by atoms with van der Waals surface area (Å²) < 4.78 is 6.50. The summed E-state index contributed by atoms with van der Waals surface area (Å²) >= 11 is 0. The number of hydrogen-bond donors (Lipinski definition) is 0. The molecule has 21 heavy (non-hydrogen) atoms. The molecule has 0 saturated heterocycles. The molecular weight excluding hydrogens is 254 g/mol. The van der Waals surface area contributed by atoms with Gasteiger partial charge in [0.25, 0.3) is 0 Å². The lowest BCUT2D eigenvalue weighted by molar-refractivity contribution is 1.48. The molecule has 0 bridgehead atoms. The lowest BCUT2D eigenvalue weighted by Gasteiger charge is -1.59. The van der Waals surface area contributed by atoms with Gasteiger partial charge in [-0.2, -0.15) is 0 Å². The second kappa shape index (κ2) is 15.7. The molecule has 0 unspecified atom stereocenters. The van der Waals surface area contributed by atoms with Crippen molar-refractivity contribution in [3.8, 4) is 107 Å². The number of rotatable bonds is 0. The maximum atomic E-state index is 6.50. The van der Waals surface area contributed by atoms with Gasteiger partial charge >= 0.3 is 0 Å². The third-order valence-electron chi connectivity index (χ3n) is 1.20. The summed E-state index contributed by atoms with van der Waals surface area (Å²) in [5, 5.41) is 0. The van der Waals surface area contributed by atoms with Gasteiger partial charge < -0.3 is 0 Å². The molecule has 0 atom stereocenters. The summed E-state index contributed by atoms with van der Waals surface area (Å²) in [6.07, 6.45) is 3.32. The van der Waals surface area contributed by atoms with E-state index in [-0.39, 0.29) is 0 Å². The Kier molecular flexibility index (Phi) is 11.0. The molecule has 0 saturated carbocycles. The Morgan fingerprint density at radius 3 is 1.43 bits per heavy atom. The first-order valence-corrected chi connectivity index (χ1v) is 5.24. The van der Waals surface area contributed by atoms with Crippen molar-refractivity contribution in [3.05, 3.63) is 0 Å². The molecule has 1 nitrogen and oxygen atoms in total. The minimum Gasteiger partial charge on any atom is -0.287 e. The van der Waals surface area contributed by atoms with Crippen LogP contribution in [0.2, 0.25) is 0 Å². The van der Waals surface area contributed by atoms with E-state index in [9.17, 15) is 0 Å². The summed E-state index contributed by atoms with van der Waals surface area (Å²) in [7, 11) is 1.63. The molecule has 0 aromatic heterocycles. The minimum absolute atomic E-state index is 1.45. The van der Waals surface area contributed by atoms with Crippen LogP contribution in [0.3, 0.4) is 0 Å². The SMILES string of the molecule is [3H]C#CC#CC#CC#CC#CC#CC#CC#CC#CC=NC. The van der Waals surface area contributed by atoms with Crippen molar-refractivity contribution in [3.63, 3.8) is 0 Å². The van der Waals surface area contributed by atoms with Crippen LogP contribution in [0.15, 0.2) is 4.99 Å². The summed E-state index contributed by atoms with van der Waals surface area (Å²) in [4.78, 5) is 3.67. The van der Waals surface area contributed by atoms with Gasteiger partial charge in [0, 0.05) is 7.05 Å². The van der Waals surface area contributed by atoms with Crippen LogP contribution < -0.4 is 0 Å². The van der Waals surface area contributed by atoms with Gasteiger partial charge in [0.15, 0.2) is 0 Å². The molecule has 0 spiro atoms. The van der Waals surface area contributed by atoms with Gasteiger partial charge in [-0.25, -0.2) is 0 Å². The van der Waals surface area contributed by atoms with Crippen LogP contribution in [0.5, 0.6) is 0 Å². The van der Waals surface area contributed by atoms with Crippen LogP contribution in [0.1, 0.15) is 1.37 Å². The quantitative estimate of drug-likeness (QED) is 0.441. The molecule has 0 aromatic rings. The fourth-order valence-electron chi connectivity index (χ4n) is 0.570. The number of terminal acetylenes is 1. The van der Waals surface area contributed by atoms with Crippen LogP contribution in [0.25, 0.3) is 0 Å². The zero-order chi connectivity index (χ0) is 16.1. The molecule has 0 rings (SSSR count). The summed E-state index contributed by atoms with van der Waals surface area (Å²) in [6, 6.07) is 0. The van der Waals surface area contributed by atoms with Gasteiger partial charge in [0.05, 0.1) is 6.21 Å². The Morgan fingerprint density at radius 2 is 1.05 bits per heavy atom. The number of hydrogen-bond acceptors (Lipinski definition) is 1. The van der Waals surface area contributed by atoms with Gasteiger partial charge in [-0.3, -0.25) is 4.99 Å². The molecule has 0 amide bonds. The topological polar surface area (TPSA) is 12.4 Å². The zero-order valence-electron chi connectivity index (χ0n) is 12.0. The Balaban J connectivity index is 4.34. The largest absolute Gasteiger partial charge is 0.287 e. The standard InChI is InChI=1S/C20H5N/c1-3-4-5-6-7-8-9-10-11-12-13-14-15-16-17-18-19-20-21-2/h1,20H,2H3/i1T. The van der Waals surface area contributed by atoms with Crippen LogP contribution in [0.4, 0.5) is 0 Å². The van der Waals surface area contributed by atoms with E-state index in [1.807, 2.05) is 6.40 Å². The molecule has 0 N–H and O–H groups in total. The van der Waals surface area contributed by atoms with Crippen molar-refractivity contribution >= 4 is 6.21 Å². The summed E-state index contributed by atoms with van der Waals surface area (Å²) in [5.74, 6) is 41.9. The third-order valence-corrected chi connectivity index (χ3v) is 1.20. The first-order valence-electron chi connectivity index (χ1n) is 5.74. The Bertz CT molecular complexity index is 985. The second-order valence-electron chi connectivity index (χ2n) is 2.53. The van der Waals surface area contributed by atoms with Gasteiger partial charge in [-0.05, 0) is 101 Å². The minimum atomic E-state index is 1.45. The molecule has 1 heteroatoms. The maximum Gasteiger partial charge on any atom is 0.125 e. The highest BCUT2D eigenvalue weighted by Gasteiger charge is 1.58. The highest BCUT2D eigenvalue weighted by molar-refractivity contribution is 5.79. The van der Waals surface area contributed by atoms with Crippen molar-refractivity contribution in [2.24, 2.45) is 4.99 Å². The molecule has 0 aromatic carbocycles. The summed E-state index contributed by atoms with van der Waals surface area (Å²) in [6.45, 7) is 0. The van der Waals surface area contributed by atoms with Crippen molar-refractivity contribution in [1.82, 2.24) is 0 Å². The maximum absolute atomic E-state index is 6.50. The first kappa shape index (κ1) is 14.8. The van der Waals surface area contributed by atoms with Gasteiger partial charge in [0.1, 0.15) is 1.37 Å². The first-order chi connectivity index (χ1) is 10.9. The Labute approximate surface area is 127 Å². The zero-order valence-corrected chi connectivity index (χ0v) is 11.0. The highest BCUT2D eigenvalue weighted by atomic mass is 14.6. The smallest absolute Gasteiger partial charge is 0.125 e. The van der Waals surface area contributed by atoms with E-state index in [4.69, 9.17) is 1.37 Å².